The maximum absolute atomic E-state index is 8.88. The van der Waals surface area contributed by atoms with Crippen LogP contribution in [-0.2, 0) is 0 Å². The van der Waals surface area contributed by atoms with E-state index < -0.39 is 0 Å². The van der Waals surface area contributed by atoms with Gasteiger partial charge in [0, 0.05) is 0 Å². The molecule has 0 aliphatic heterocycles. The Labute approximate surface area is 75.1 Å². The summed E-state index contributed by atoms with van der Waals surface area (Å²) < 4.78 is 0. The Hall–Kier alpha value is -0.770. The minimum Gasteiger partial charge on any atom is -0.198 e. The van der Waals surface area contributed by atoms with Gasteiger partial charge in [-0.05, 0) is 32.1 Å². The molecule has 1 heteroatoms. The van der Waals surface area contributed by atoms with E-state index in [1.54, 1.807) is 0 Å². The molecule has 0 radical (unpaired) electrons. The van der Waals surface area contributed by atoms with Crippen LogP contribution in [0.15, 0.2) is 11.6 Å². The number of hydrogen-bond acceptors (Lipinski definition) is 1. The molecule has 0 saturated heterocycles. The first-order chi connectivity index (χ1) is 5.88. The summed E-state index contributed by atoms with van der Waals surface area (Å²) >= 11 is 0. The van der Waals surface area contributed by atoms with Crippen LogP contribution in [0.5, 0.6) is 0 Å². The van der Waals surface area contributed by atoms with E-state index in [0.29, 0.717) is 0 Å². The van der Waals surface area contributed by atoms with Gasteiger partial charge in [0.2, 0.25) is 0 Å². The highest BCUT2D eigenvalue weighted by molar-refractivity contribution is 5.14. The second kappa shape index (κ2) is 4.98. The van der Waals surface area contributed by atoms with E-state index >= 15 is 0 Å². The molecule has 66 valence electrons. The zero-order valence-corrected chi connectivity index (χ0v) is 7.84. The van der Waals surface area contributed by atoms with Crippen molar-refractivity contribution in [1.29, 1.82) is 5.26 Å². The summed E-state index contributed by atoms with van der Waals surface area (Å²) in [7, 11) is 0. The van der Waals surface area contributed by atoms with Crippen LogP contribution in [0.1, 0.15) is 45.4 Å². The van der Waals surface area contributed by atoms with Crippen molar-refractivity contribution in [2.45, 2.75) is 45.4 Å². The monoisotopic (exact) mass is 163 g/mol. The van der Waals surface area contributed by atoms with Gasteiger partial charge < -0.3 is 0 Å². The Morgan fingerprint density at radius 3 is 3.00 bits per heavy atom. The van der Waals surface area contributed by atoms with Crippen LogP contribution in [0.3, 0.4) is 0 Å². The first kappa shape index (κ1) is 9.32. The van der Waals surface area contributed by atoms with Gasteiger partial charge >= 0.3 is 0 Å². The van der Waals surface area contributed by atoms with Crippen LogP contribution < -0.4 is 0 Å². The molecule has 0 aromatic carbocycles. The third-order valence-corrected chi connectivity index (χ3v) is 2.59. The first-order valence-electron chi connectivity index (χ1n) is 4.97. The molecule has 1 rings (SSSR count). The quantitative estimate of drug-likeness (QED) is 0.572. The molecule has 0 amide bonds. The first-order valence-corrected chi connectivity index (χ1v) is 4.97. The average molecular weight is 163 g/mol. The Morgan fingerprint density at radius 1 is 1.50 bits per heavy atom. The van der Waals surface area contributed by atoms with Crippen molar-refractivity contribution in [3.63, 3.8) is 0 Å². The average Bonchev–Trinajstić information content (AvgIpc) is 2.35. The third kappa shape index (κ3) is 2.37. The second-order valence-electron chi connectivity index (χ2n) is 3.47. The lowest BCUT2D eigenvalue weighted by molar-refractivity contribution is 0.660. The lowest BCUT2D eigenvalue weighted by atomic mass is 9.94. The summed E-state index contributed by atoms with van der Waals surface area (Å²) in [5.41, 5.74) is 1.40. The molecule has 0 spiro atoms. The van der Waals surface area contributed by atoms with Gasteiger partial charge in [-0.15, -0.1) is 0 Å². The van der Waals surface area contributed by atoms with Crippen molar-refractivity contribution in [3.05, 3.63) is 11.6 Å². The van der Waals surface area contributed by atoms with Crippen LogP contribution in [0.2, 0.25) is 0 Å². The minimum absolute atomic E-state index is 0.197. The molecule has 1 nitrogen and oxygen atoms in total. The van der Waals surface area contributed by atoms with Crippen molar-refractivity contribution < 1.29 is 0 Å². The van der Waals surface area contributed by atoms with Crippen LogP contribution in [-0.4, -0.2) is 0 Å². The van der Waals surface area contributed by atoms with Crippen LogP contribution in [0.4, 0.5) is 0 Å². The summed E-state index contributed by atoms with van der Waals surface area (Å²) in [6.07, 6.45) is 9.55. The summed E-state index contributed by atoms with van der Waals surface area (Å²) in [5, 5.41) is 8.88. The Balaban J connectivity index is 2.58. The van der Waals surface area contributed by atoms with Gasteiger partial charge in [0.1, 0.15) is 0 Å². The van der Waals surface area contributed by atoms with Crippen molar-refractivity contribution in [1.82, 2.24) is 0 Å². The maximum atomic E-state index is 8.88. The number of allylic oxidation sites excluding steroid dienone is 2. The SMILES string of the molecule is CC[C@@H](C#N)C1=CCCCCC1. The van der Waals surface area contributed by atoms with Gasteiger partial charge in [0.05, 0.1) is 12.0 Å². The fourth-order valence-electron chi connectivity index (χ4n) is 1.79. The Bertz CT molecular complexity index is 198. The molecular weight excluding hydrogens is 146 g/mol. The molecule has 0 unspecified atom stereocenters. The van der Waals surface area contributed by atoms with E-state index in [2.05, 4.69) is 19.1 Å². The fourth-order valence-corrected chi connectivity index (χ4v) is 1.79. The van der Waals surface area contributed by atoms with Gasteiger partial charge in [0.25, 0.3) is 0 Å². The fraction of sp³-hybridized carbons (Fsp3) is 0.727. The largest absolute Gasteiger partial charge is 0.198 e. The lowest BCUT2D eigenvalue weighted by Gasteiger charge is -2.09. The predicted octanol–water partition coefficient (Wildman–Crippen LogP) is 3.43. The molecule has 1 atom stereocenters. The van der Waals surface area contributed by atoms with E-state index in [9.17, 15) is 0 Å². The molecule has 0 saturated carbocycles. The number of hydrogen-bond donors (Lipinski definition) is 0. The normalized spacial score (nSPS) is 20.5. The molecule has 1 aliphatic carbocycles. The number of nitrogens with zero attached hydrogens (tertiary/aromatic N) is 1. The highest BCUT2D eigenvalue weighted by Crippen LogP contribution is 2.24. The molecule has 0 fully saturated rings. The topological polar surface area (TPSA) is 23.8 Å². The highest BCUT2D eigenvalue weighted by Gasteiger charge is 2.12. The maximum Gasteiger partial charge on any atom is 0.0700 e. The van der Waals surface area contributed by atoms with E-state index in [1.807, 2.05) is 0 Å². The highest BCUT2D eigenvalue weighted by atomic mass is 14.3. The molecule has 0 bridgehead atoms. The van der Waals surface area contributed by atoms with Gasteiger partial charge in [-0.2, -0.15) is 5.26 Å². The van der Waals surface area contributed by atoms with E-state index in [-0.39, 0.29) is 5.92 Å². The zero-order valence-electron chi connectivity index (χ0n) is 7.84. The van der Waals surface area contributed by atoms with Crippen LogP contribution in [0.25, 0.3) is 0 Å². The summed E-state index contributed by atoms with van der Waals surface area (Å²) in [6, 6.07) is 2.38. The van der Waals surface area contributed by atoms with Crippen molar-refractivity contribution in [3.8, 4) is 6.07 Å². The summed E-state index contributed by atoms with van der Waals surface area (Å²) in [5.74, 6) is 0.197. The molecule has 0 aromatic rings. The molecular formula is C11H17N. The Kier molecular flexibility index (Phi) is 3.87. The van der Waals surface area contributed by atoms with Gasteiger partial charge in [-0.25, -0.2) is 0 Å². The van der Waals surface area contributed by atoms with E-state index in [0.717, 1.165) is 12.8 Å². The minimum atomic E-state index is 0.197. The van der Waals surface area contributed by atoms with Gasteiger partial charge in [0.15, 0.2) is 0 Å². The van der Waals surface area contributed by atoms with Gasteiger partial charge in [-0.1, -0.05) is 25.0 Å². The predicted molar refractivity (Wildman–Crippen MR) is 50.6 cm³/mol. The number of rotatable bonds is 2. The molecule has 12 heavy (non-hydrogen) atoms. The number of nitriles is 1. The van der Waals surface area contributed by atoms with Gasteiger partial charge in [-0.3, -0.25) is 0 Å². The van der Waals surface area contributed by atoms with Crippen LogP contribution in [0, 0.1) is 17.2 Å². The van der Waals surface area contributed by atoms with Crippen molar-refractivity contribution >= 4 is 0 Å². The molecule has 0 aromatic heterocycles. The zero-order chi connectivity index (χ0) is 8.81. The summed E-state index contributed by atoms with van der Waals surface area (Å²) in [4.78, 5) is 0. The lowest BCUT2D eigenvalue weighted by Crippen LogP contribution is -1.99. The third-order valence-electron chi connectivity index (χ3n) is 2.59. The molecule has 1 aliphatic rings. The molecule has 0 heterocycles. The Morgan fingerprint density at radius 2 is 2.33 bits per heavy atom. The van der Waals surface area contributed by atoms with E-state index in [1.165, 1.54) is 31.3 Å². The smallest absolute Gasteiger partial charge is 0.0700 e. The van der Waals surface area contributed by atoms with E-state index in [4.69, 9.17) is 5.26 Å². The molecule has 0 N–H and O–H groups in total. The standard InChI is InChI=1S/C11H17N/c1-2-10(9-12)11-7-5-3-4-6-8-11/h7,10H,2-6,8H2,1H3/t10-/m0/s1. The summed E-state index contributed by atoms with van der Waals surface area (Å²) in [6.45, 7) is 2.10. The second-order valence-corrected chi connectivity index (χ2v) is 3.47. The van der Waals surface area contributed by atoms with Crippen molar-refractivity contribution in [2.75, 3.05) is 0 Å². The van der Waals surface area contributed by atoms with Crippen LogP contribution >= 0.6 is 0 Å². The van der Waals surface area contributed by atoms with Crippen molar-refractivity contribution in [2.24, 2.45) is 5.92 Å².